The number of thiol groups is 1. The van der Waals surface area contributed by atoms with Crippen molar-refractivity contribution in [2.75, 3.05) is 7.11 Å². The van der Waals surface area contributed by atoms with Crippen molar-refractivity contribution >= 4 is 22.5 Å². The molecule has 1 aromatic rings. The van der Waals surface area contributed by atoms with E-state index in [2.05, 4.69) is 37.6 Å². The van der Waals surface area contributed by atoms with E-state index in [1.807, 2.05) is 6.07 Å². The van der Waals surface area contributed by atoms with Crippen molar-refractivity contribution in [3.8, 4) is 5.75 Å². The quantitative estimate of drug-likeness (QED) is 0.606. The minimum Gasteiger partial charge on any atom is -0.496 e. The highest BCUT2D eigenvalue weighted by Gasteiger charge is 2.07. The van der Waals surface area contributed by atoms with Gasteiger partial charge >= 0.3 is 0 Å². The summed E-state index contributed by atoms with van der Waals surface area (Å²) in [5, 5.41) is 0. The summed E-state index contributed by atoms with van der Waals surface area (Å²) >= 11 is 4.14. The molecule has 0 aliphatic rings. The molecule has 1 nitrogen and oxygen atoms in total. The van der Waals surface area contributed by atoms with Crippen molar-refractivity contribution in [3.05, 3.63) is 23.8 Å². The highest BCUT2D eigenvalue weighted by atomic mass is 33.1. The predicted molar refractivity (Wildman–Crippen MR) is 61.9 cm³/mol. The molecule has 0 heterocycles. The zero-order valence-electron chi connectivity index (χ0n) is 8.07. The summed E-state index contributed by atoms with van der Waals surface area (Å²) in [7, 11) is 3.14. The van der Waals surface area contributed by atoms with Gasteiger partial charge in [-0.15, -0.1) is 11.7 Å². The van der Waals surface area contributed by atoms with E-state index in [1.54, 1.807) is 7.11 Å². The molecule has 0 fully saturated rings. The van der Waals surface area contributed by atoms with Crippen molar-refractivity contribution in [1.29, 1.82) is 0 Å². The first-order chi connectivity index (χ1) is 6.19. The fourth-order valence-electron chi connectivity index (χ4n) is 1.23. The molecule has 0 radical (unpaired) electrons. The van der Waals surface area contributed by atoms with Gasteiger partial charge in [0.05, 0.1) is 7.11 Å². The van der Waals surface area contributed by atoms with Gasteiger partial charge in [-0.2, -0.15) is 0 Å². The van der Waals surface area contributed by atoms with Gasteiger partial charge in [0.15, 0.2) is 0 Å². The summed E-state index contributed by atoms with van der Waals surface area (Å²) < 4.78 is 5.30. The minimum atomic E-state index is 0.494. The van der Waals surface area contributed by atoms with Crippen LogP contribution in [-0.2, 0) is 0 Å². The maximum atomic E-state index is 5.30. The number of rotatable bonds is 3. The standard InChI is InChI=1S/C10H14OS2/c1-7(2)9-5-4-8(13-12)6-10(9)11-3/h4-7,12H,1-3H3. The molecule has 3 heteroatoms. The van der Waals surface area contributed by atoms with Gasteiger partial charge in [0.2, 0.25) is 0 Å². The normalized spacial score (nSPS) is 10.5. The first-order valence-electron chi connectivity index (χ1n) is 4.18. The lowest BCUT2D eigenvalue weighted by Gasteiger charge is -2.12. The van der Waals surface area contributed by atoms with E-state index in [4.69, 9.17) is 4.74 Å². The molecule has 13 heavy (non-hydrogen) atoms. The first-order valence-corrected chi connectivity index (χ1v) is 6.05. The van der Waals surface area contributed by atoms with Crippen LogP contribution in [0.15, 0.2) is 23.1 Å². The zero-order chi connectivity index (χ0) is 9.84. The lowest BCUT2D eigenvalue weighted by molar-refractivity contribution is 0.406. The third-order valence-electron chi connectivity index (χ3n) is 1.93. The smallest absolute Gasteiger partial charge is 0.123 e. The van der Waals surface area contributed by atoms with Crippen LogP contribution in [0.3, 0.4) is 0 Å². The molecular formula is C10H14OS2. The van der Waals surface area contributed by atoms with E-state index in [0.717, 1.165) is 10.6 Å². The van der Waals surface area contributed by atoms with E-state index < -0.39 is 0 Å². The molecule has 1 rings (SSSR count). The Morgan fingerprint density at radius 2 is 2.08 bits per heavy atom. The van der Waals surface area contributed by atoms with Crippen LogP contribution in [0.4, 0.5) is 0 Å². The largest absolute Gasteiger partial charge is 0.496 e. The molecule has 72 valence electrons. The molecule has 0 amide bonds. The van der Waals surface area contributed by atoms with Crippen molar-refractivity contribution in [2.45, 2.75) is 24.7 Å². The Kier molecular flexibility index (Phi) is 4.00. The van der Waals surface area contributed by atoms with Crippen LogP contribution in [0.5, 0.6) is 5.75 Å². The monoisotopic (exact) mass is 214 g/mol. The molecule has 0 saturated carbocycles. The molecule has 0 aromatic heterocycles. The maximum absolute atomic E-state index is 5.30. The van der Waals surface area contributed by atoms with Gasteiger partial charge in [-0.25, -0.2) is 0 Å². The Labute approximate surface area is 88.7 Å². The van der Waals surface area contributed by atoms with Gasteiger partial charge in [0.25, 0.3) is 0 Å². The molecule has 0 spiro atoms. The summed E-state index contributed by atoms with van der Waals surface area (Å²) in [6.07, 6.45) is 0. The molecular weight excluding hydrogens is 200 g/mol. The van der Waals surface area contributed by atoms with Crippen molar-refractivity contribution in [3.63, 3.8) is 0 Å². The van der Waals surface area contributed by atoms with Crippen LogP contribution >= 0.6 is 22.5 Å². The first kappa shape index (κ1) is 10.8. The van der Waals surface area contributed by atoms with Gasteiger partial charge in [0, 0.05) is 4.90 Å². The highest BCUT2D eigenvalue weighted by molar-refractivity contribution is 8.68. The van der Waals surface area contributed by atoms with Gasteiger partial charge in [0.1, 0.15) is 5.75 Å². The van der Waals surface area contributed by atoms with E-state index in [1.165, 1.54) is 16.4 Å². The number of benzene rings is 1. The topological polar surface area (TPSA) is 9.23 Å². The molecule has 0 atom stereocenters. The molecule has 0 saturated heterocycles. The molecule has 0 aliphatic carbocycles. The fraction of sp³-hybridized carbons (Fsp3) is 0.400. The number of ether oxygens (including phenoxy) is 1. The summed E-state index contributed by atoms with van der Waals surface area (Å²) in [6.45, 7) is 4.32. The summed E-state index contributed by atoms with van der Waals surface area (Å²) in [6, 6.07) is 6.19. The SMILES string of the molecule is COc1cc(SS)ccc1C(C)C. The van der Waals surface area contributed by atoms with Gasteiger partial charge in [-0.1, -0.05) is 30.7 Å². The van der Waals surface area contributed by atoms with Gasteiger partial charge in [-0.3, -0.25) is 0 Å². The summed E-state index contributed by atoms with van der Waals surface area (Å²) in [5.74, 6) is 1.45. The second-order valence-electron chi connectivity index (χ2n) is 3.15. The lowest BCUT2D eigenvalue weighted by Crippen LogP contribution is -1.93. The average molecular weight is 214 g/mol. The van der Waals surface area contributed by atoms with Crippen molar-refractivity contribution < 1.29 is 4.74 Å². The molecule has 0 N–H and O–H groups in total. The lowest BCUT2D eigenvalue weighted by atomic mass is 10.0. The van der Waals surface area contributed by atoms with Gasteiger partial charge < -0.3 is 4.74 Å². The van der Waals surface area contributed by atoms with Crippen molar-refractivity contribution in [1.82, 2.24) is 0 Å². The molecule has 0 unspecified atom stereocenters. The minimum absolute atomic E-state index is 0.494. The summed E-state index contributed by atoms with van der Waals surface area (Å²) in [4.78, 5) is 1.12. The molecule has 0 bridgehead atoms. The third kappa shape index (κ3) is 2.58. The number of hydrogen-bond acceptors (Lipinski definition) is 3. The summed E-state index contributed by atoms with van der Waals surface area (Å²) in [5.41, 5.74) is 1.24. The van der Waals surface area contributed by atoms with Gasteiger partial charge in [-0.05, 0) is 23.6 Å². The third-order valence-corrected chi connectivity index (χ3v) is 3.03. The molecule has 1 aromatic carbocycles. The van der Waals surface area contributed by atoms with E-state index in [0.29, 0.717) is 5.92 Å². The number of hydrogen-bond donors (Lipinski definition) is 1. The second kappa shape index (κ2) is 4.82. The Hall–Kier alpha value is -0.280. The Morgan fingerprint density at radius 3 is 2.54 bits per heavy atom. The average Bonchev–Trinajstić information content (AvgIpc) is 2.16. The fourth-order valence-corrected chi connectivity index (χ4v) is 1.85. The highest BCUT2D eigenvalue weighted by Crippen LogP contribution is 2.32. The predicted octanol–water partition coefficient (Wildman–Crippen LogP) is 3.76. The second-order valence-corrected chi connectivity index (χ2v) is 4.35. The van der Waals surface area contributed by atoms with E-state index in [-0.39, 0.29) is 0 Å². The van der Waals surface area contributed by atoms with Crippen LogP contribution in [0.1, 0.15) is 25.3 Å². The Morgan fingerprint density at radius 1 is 1.38 bits per heavy atom. The van der Waals surface area contributed by atoms with Crippen molar-refractivity contribution in [2.24, 2.45) is 0 Å². The van der Waals surface area contributed by atoms with E-state index >= 15 is 0 Å². The van der Waals surface area contributed by atoms with Crippen LogP contribution in [0.25, 0.3) is 0 Å². The Balaban J connectivity index is 3.08. The Bertz CT molecular complexity index is 284. The van der Waals surface area contributed by atoms with Crippen LogP contribution < -0.4 is 4.74 Å². The maximum Gasteiger partial charge on any atom is 0.123 e. The van der Waals surface area contributed by atoms with E-state index in [9.17, 15) is 0 Å². The van der Waals surface area contributed by atoms with Crippen LogP contribution in [0, 0.1) is 0 Å². The number of methoxy groups -OCH3 is 1. The van der Waals surface area contributed by atoms with Crippen LogP contribution in [-0.4, -0.2) is 7.11 Å². The van der Waals surface area contributed by atoms with Crippen LogP contribution in [0.2, 0.25) is 0 Å². The molecule has 0 aliphatic heterocycles. The zero-order valence-corrected chi connectivity index (χ0v) is 9.78.